The molecule has 0 amide bonds. The minimum atomic E-state index is 0.400. The summed E-state index contributed by atoms with van der Waals surface area (Å²) >= 11 is 0. The van der Waals surface area contributed by atoms with Crippen LogP contribution in [-0.4, -0.2) is 22.0 Å². The van der Waals surface area contributed by atoms with E-state index in [0.29, 0.717) is 12.1 Å². The van der Waals surface area contributed by atoms with Gasteiger partial charge >= 0.3 is 0 Å². The average Bonchev–Trinajstić information content (AvgIpc) is 3.07. The summed E-state index contributed by atoms with van der Waals surface area (Å²) in [5, 5.41) is 9.06. The van der Waals surface area contributed by atoms with Gasteiger partial charge in [0.25, 0.3) is 0 Å². The maximum Gasteiger partial charge on any atom is 0.108 e. The second kappa shape index (κ2) is 10.9. The molecule has 124 valence electrons. The highest BCUT2D eigenvalue weighted by Gasteiger charge is 1.96. The third-order valence-corrected chi connectivity index (χ3v) is 2.88. The van der Waals surface area contributed by atoms with Crippen LogP contribution in [0.4, 0.5) is 0 Å². The van der Waals surface area contributed by atoms with E-state index in [-0.39, 0.29) is 0 Å². The number of nitriles is 1. The molecule has 2 heterocycles. The predicted molar refractivity (Wildman–Crippen MR) is 99.6 cm³/mol. The van der Waals surface area contributed by atoms with Crippen molar-refractivity contribution in [3.8, 4) is 6.07 Å². The molecule has 0 saturated heterocycles. The summed E-state index contributed by atoms with van der Waals surface area (Å²) in [6, 6.07) is 2.05. The zero-order valence-electron chi connectivity index (χ0n) is 13.5. The summed E-state index contributed by atoms with van der Waals surface area (Å²) in [6.07, 6.45) is 25.4. The maximum absolute atomic E-state index is 9.06. The molecule has 0 radical (unpaired) electrons. The Kier molecular flexibility index (Phi) is 7.70. The molecule has 0 unspecified atom stereocenters. The van der Waals surface area contributed by atoms with Crippen LogP contribution in [0.1, 0.15) is 5.69 Å². The van der Waals surface area contributed by atoms with Gasteiger partial charge < -0.3 is 9.30 Å². The Hall–Kier alpha value is -3.72. The summed E-state index contributed by atoms with van der Waals surface area (Å²) in [6.45, 7) is 0.492. The highest BCUT2D eigenvalue weighted by Crippen LogP contribution is 2.03. The molecule has 1 aliphatic rings. The lowest BCUT2D eigenvalue weighted by atomic mass is 10.3. The highest BCUT2D eigenvalue weighted by molar-refractivity contribution is 6.16. The largest absolute Gasteiger partial charge is 0.471 e. The number of hydrogen-bond donors (Lipinski definition) is 0. The molecule has 0 atom stereocenters. The van der Waals surface area contributed by atoms with Crippen molar-refractivity contribution >= 4 is 18.6 Å². The lowest BCUT2D eigenvalue weighted by Gasteiger charge is -1.97. The molecular formula is C19H17N5O. The van der Waals surface area contributed by atoms with Gasteiger partial charge in [-0.2, -0.15) is 5.26 Å². The van der Waals surface area contributed by atoms with Gasteiger partial charge in [0.2, 0.25) is 0 Å². The number of aromatic nitrogens is 2. The van der Waals surface area contributed by atoms with Crippen LogP contribution in [0.3, 0.4) is 0 Å². The second-order valence-corrected chi connectivity index (χ2v) is 4.66. The molecule has 0 aromatic carbocycles. The van der Waals surface area contributed by atoms with E-state index in [9.17, 15) is 0 Å². The zero-order chi connectivity index (χ0) is 17.6. The monoisotopic (exact) mass is 331 g/mol. The number of ether oxygens (including phenoxy) is 1. The lowest BCUT2D eigenvalue weighted by Crippen LogP contribution is -1.92. The number of aliphatic imine (C=N–C) groups is 2. The van der Waals surface area contributed by atoms with Gasteiger partial charge in [0.1, 0.15) is 12.3 Å². The van der Waals surface area contributed by atoms with E-state index < -0.39 is 0 Å². The Labute approximate surface area is 146 Å². The van der Waals surface area contributed by atoms with Gasteiger partial charge in [-0.05, 0) is 24.3 Å². The first-order valence-corrected chi connectivity index (χ1v) is 7.51. The van der Waals surface area contributed by atoms with Gasteiger partial charge in [0.15, 0.2) is 0 Å². The van der Waals surface area contributed by atoms with Crippen molar-refractivity contribution in [1.29, 1.82) is 5.26 Å². The van der Waals surface area contributed by atoms with Gasteiger partial charge in [0, 0.05) is 24.8 Å². The second-order valence-electron chi connectivity index (χ2n) is 4.66. The van der Waals surface area contributed by atoms with Crippen molar-refractivity contribution in [3.05, 3.63) is 85.0 Å². The summed E-state index contributed by atoms with van der Waals surface area (Å²) in [5.74, 6) is 0. The van der Waals surface area contributed by atoms with Gasteiger partial charge in [0.05, 0.1) is 36.6 Å². The molecule has 0 aliphatic carbocycles. The van der Waals surface area contributed by atoms with Gasteiger partial charge in [-0.25, -0.2) is 4.98 Å². The van der Waals surface area contributed by atoms with Crippen LogP contribution in [-0.2, 0) is 11.3 Å². The van der Waals surface area contributed by atoms with E-state index in [1.807, 2.05) is 22.9 Å². The zero-order valence-corrected chi connectivity index (χ0v) is 13.5. The van der Waals surface area contributed by atoms with Crippen molar-refractivity contribution in [2.45, 2.75) is 6.54 Å². The van der Waals surface area contributed by atoms with E-state index in [4.69, 9.17) is 10.00 Å². The van der Waals surface area contributed by atoms with Gasteiger partial charge in [-0.3, -0.25) is 9.98 Å². The van der Waals surface area contributed by atoms with Crippen molar-refractivity contribution in [1.82, 2.24) is 9.55 Å². The predicted octanol–water partition coefficient (Wildman–Crippen LogP) is 3.57. The van der Waals surface area contributed by atoms with Crippen LogP contribution in [0.25, 0.3) is 6.20 Å². The molecule has 6 nitrogen and oxygen atoms in total. The molecule has 0 N–H and O–H groups in total. The smallest absolute Gasteiger partial charge is 0.108 e. The third-order valence-electron chi connectivity index (χ3n) is 2.88. The molecule has 2 rings (SSSR count). The van der Waals surface area contributed by atoms with E-state index in [2.05, 4.69) is 21.0 Å². The Morgan fingerprint density at radius 2 is 2.00 bits per heavy atom. The Balaban J connectivity index is 2.18. The number of nitrogens with zero attached hydrogens (tertiary/aromatic N) is 5. The van der Waals surface area contributed by atoms with E-state index in [0.717, 1.165) is 5.69 Å². The summed E-state index contributed by atoms with van der Waals surface area (Å²) in [4.78, 5) is 12.5. The average molecular weight is 331 g/mol. The molecule has 6 heteroatoms. The Morgan fingerprint density at radius 3 is 2.92 bits per heavy atom. The van der Waals surface area contributed by atoms with Crippen LogP contribution in [0.2, 0.25) is 0 Å². The van der Waals surface area contributed by atoms with Crippen LogP contribution in [0.15, 0.2) is 89.3 Å². The molecule has 25 heavy (non-hydrogen) atoms. The number of fused-ring (bicyclic) bond motifs is 1. The molecule has 0 bridgehead atoms. The normalized spacial score (nSPS) is 15.2. The van der Waals surface area contributed by atoms with Crippen molar-refractivity contribution in [3.63, 3.8) is 0 Å². The minimum absolute atomic E-state index is 0.400. The molecule has 0 saturated carbocycles. The minimum Gasteiger partial charge on any atom is -0.471 e. The van der Waals surface area contributed by atoms with Crippen LogP contribution in [0.5, 0.6) is 0 Å². The van der Waals surface area contributed by atoms with Crippen LogP contribution >= 0.6 is 0 Å². The molecule has 0 spiro atoms. The standard InChI is InChI=1S/C19H17N5O/c20-13-18-7-3-5-11-24-17-23-15-19(24)14-22-10-9-21-8-4-1-2-6-12-25-16-18/h1-12,15-17H,14H2. The van der Waals surface area contributed by atoms with E-state index >= 15 is 0 Å². The Bertz CT molecular complexity index is 826. The quantitative estimate of drug-likeness (QED) is 0.729. The van der Waals surface area contributed by atoms with Crippen LogP contribution in [0, 0.1) is 11.3 Å². The molecular weight excluding hydrogens is 314 g/mol. The lowest BCUT2D eigenvalue weighted by molar-refractivity contribution is 0.401. The summed E-state index contributed by atoms with van der Waals surface area (Å²) < 4.78 is 7.04. The summed E-state index contributed by atoms with van der Waals surface area (Å²) in [5.41, 5.74) is 1.34. The summed E-state index contributed by atoms with van der Waals surface area (Å²) in [7, 11) is 0. The molecule has 1 aromatic heterocycles. The first-order valence-electron chi connectivity index (χ1n) is 7.51. The number of imidazole rings is 1. The third kappa shape index (κ3) is 6.93. The number of allylic oxidation sites excluding steroid dienone is 8. The van der Waals surface area contributed by atoms with Gasteiger partial charge in [-0.15, -0.1) is 0 Å². The highest BCUT2D eigenvalue weighted by atomic mass is 16.5. The molecule has 0 fully saturated rings. The fourth-order valence-corrected chi connectivity index (χ4v) is 1.71. The fraction of sp³-hybridized carbons (Fsp3) is 0.0526. The van der Waals surface area contributed by atoms with Crippen molar-refractivity contribution < 1.29 is 4.74 Å². The van der Waals surface area contributed by atoms with Crippen molar-refractivity contribution in [2.24, 2.45) is 9.98 Å². The topological polar surface area (TPSA) is 75.6 Å². The molecule has 1 aliphatic heterocycles. The SMILES string of the molecule is N#CC1=COC=CC=CC=CN=CC=NCc2cncn2C=CC=C1. The first-order chi connectivity index (χ1) is 12.4. The Morgan fingerprint density at radius 1 is 1.08 bits per heavy atom. The fourth-order valence-electron chi connectivity index (χ4n) is 1.71. The number of hydrogen-bond acceptors (Lipinski definition) is 5. The van der Waals surface area contributed by atoms with Crippen LogP contribution < -0.4 is 0 Å². The first kappa shape index (κ1) is 17.6. The van der Waals surface area contributed by atoms with E-state index in [1.54, 1.807) is 61.5 Å². The van der Waals surface area contributed by atoms with Crippen molar-refractivity contribution in [2.75, 3.05) is 0 Å². The number of rotatable bonds is 0. The molecule has 1 aromatic rings. The van der Waals surface area contributed by atoms with E-state index in [1.165, 1.54) is 12.5 Å². The van der Waals surface area contributed by atoms with Gasteiger partial charge in [-0.1, -0.05) is 18.2 Å². The maximum atomic E-state index is 9.06.